The first kappa shape index (κ1) is 21.5. The van der Waals surface area contributed by atoms with Gasteiger partial charge in [-0.25, -0.2) is 0 Å². The molecular formula is C23H17BrClN3O2S. The molecule has 2 heterocycles. The number of carbonyl (C=O) groups is 2. The van der Waals surface area contributed by atoms with Gasteiger partial charge < -0.3 is 4.57 Å². The van der Waals surface area contributed by atoms with E-state index >= 15 is 0 Å². The molecule has 0 bridgehead atoms. The van der Waals surface area contributed by atoms with Crippen molar-refractivity contribution in [2.24, 2.45) is 0 Å². The third-order valence-corrected chi connectivity index (χ3v) is 6.11. The van der Waals surface area contributed by atoms with Crippen molar-refractivity contribution in [3.05, 3.63) is 86.6 Å². The molecule has 1 saturated heterocycles. The second kappa shape index (κ2) is 8.42. The van der Waals surface area contributed by atoms with Crippen LogP contribution >= 0.6 is 39.7 Å². The predicted molar refractivity (Wildman–Crippen MR) is 131 cm³/mol. The number of nitrogens with one attached hydrogen (secondary N) is 1. The van der Waals surface area contributed by atoms with Gasteiger partial charge in [-0.2, -0.15) is 0 Å². The van der Waals surface area contributed by atoms with Crippen LogP contribution in [0.25, 0.3) is 11.8 Å². The maximum atomic E-state index is 13.2. The van der Waals surface area contributed by atoms with Crippen LogP contribution in [0.4, 0.5) is 5.69 Å². The maximum Gasteiger partial charge on any atom is 0.270 e. The highest BCUT2D eigenvalue weighted by molar-refractivity contribution is 9.10. The fraction of sp³-hybridized carbons (Fsp3) is 0.0870. The Labute approximate surface area is 198 Å². The van der Waals surface area contributed by atoms with E-state index in [0.717, 1.165) is 27.1 Å². The summed E-state index contributed by atoms with van der Waals surface area (Å²) in [5, 5.41) is 3.18. The number of benzene rings is 2. The molecule has 0 saturated carbocycles. The van der Waals surface area contributed by atoms with Crippen LogP contribution in [0, 0.1) is 13.8 Å². The number of hydrogen-bond acceptors (Lipinski definition) is 3. The first-order valence-corrected chi connectivity index (χ1v) is 11.0. The zero-order valence-corrected chi connectivity index (χ0v) is 19.8. The summed E-state index contributed by atoms with van der Waals surface area (Å²) in [6.07, 6.45) is 1.61. The lowest BCUT2D eigenvalue weighted by Gasteiger charge is -2.28. The van der Waals surface area contributed by atoms with Gasteiger partial charge in [-0.3, -0.25) is 19.8 Å². The van der Waals surface area contributed by atoms with Crippen LogP contribution in [0.1, 0.15) is 17.0 Å². The third kappa shape index (κ3) is 4.08. The van der Waals surface area contributed by atoms with Gasteiger partial charge in [0.1, 0.15) is 5.57 Å². The van der Waals surface area contributed by atoms with E-state index in [1.807, 2.05) is 44.2 Å². The predicted octanol–water partition coefficient (Wildman–Crippen LogP) is 5.34. The second-order valence-electron chi connectivity index (χ2n) is 7.07. The number of anilines is 1. The van der Waals surface area contributed by atoms with E-state index in [2.05, 4.69) is 25.8 Å². The molecule has 1 N–H and O–H groups in total. The molecule has 0 spiro atoms. The van der Waals surface area contributed by atoms with Crippen LogP contribution in [0.3, 0.4) is 0 Å². The van der Waals surface area contributed by atoms with E-state index in [1.165, 1.54) is 4.90 Å². The molecule has 5 nitrogen and oxygen atoms in total. The molecule has 4 rings (SSSR count). The number of aromatic nitrogens is 1. The van der Waals surface area contributed by atoms with Gasteiger partial charge in [0.25, 0.3) is 11.8 Å². The lowest BCUT2D eigenvalue weighted by atomic mass is 10.1. The number of rotatable bonds is 3. The fourth-order valence-corrected chi connectivity index (χ4v) is 4.23. The number of carbonyl (C=O) groups excluding carboxylic acids is 2. The van der Waals surface area contributed by atoms with Crippen LogP contribution in [0.15, 0.2) is 64.6 Å². The number of thiocarbonyl (C=S) groups is 1. The van der Waals surface area contributed by atoms with Crippen molar-refractivity contribution >= 4 is 68.4 Å². The summed E-state index contributed by atoms with van der Waals surface area (Å²) in [6, 6.07) is 16.6. The number of halogens is 2. The van der Waals surface area contributed by atoms with Gasteiger partial charge in [0, 0.05) is 26.6 Å². The molecule has 3 aromatic rings. The van der Waals surface area contributed by atoms with Crippen LogP contribution in [0.5, 0.6) is 0 Å². The minimum absolute atomic E-state index is 0.0135. The van der Waals surface area contributed by atoms with Crippen molar-refractivity contribution in [1.82, 2.24) is 9.88 Å². The van der Waals surface area contributed by atoms with Crippen LogP contribution in [0.2, 0.25) is 5.02 Å². The lowest BCUT2D eigenvalue weighted by Crippen LogP contribution is -2.54. The van der Waals surface area contributed by atoms with Gasteiger partial charge in [0.15, 0.2) is 5.11 Å². The number of aryl methyl sites for hydroxylation is 1. The maximum absolute atomic E-state index is 13.2. The van der Waals surface area contributed by atoms with E-state index in [0.29, 0.717) is 10.7 Å². The minimum Gasteiger partial charge on any atom is -0.318 e. The summed E-state index contributed by atoms with van der Waals surface area (Å²) < 4.78 is 3.06. The largest absolute Gasteiger partial charge is 0.318 e. The van der Waals surface area contributed by atoms with Crippen molar-refractivity contribution in [3.8, 4) is 5.69 Å². The van der Waals surface area contributed by atoms with E-state index in [1.54, 1.807) is 30.3 Å². The van der Waals surface area contributed by atoms with Gasteiger partial charge in [0.2, 0.25) is 0 Å². The summed E-state index contributed by atoms with van der Waals surface area (Å²) in [6.45, 7) is 3.93. The van der Waals surface area contributed by atoms with Gasteiger partial charge in [-0.1, -0.05) is 27.5 Å². The molecule has 0 unspecified atom stereocenters. The van der Waals surface area contributed by atoms with Crippen LogP contribution in [-0.4, -0.2) is 21.5 Å². The summed E-state index contributed by atoms with van der Waals surface area (Å²) in [4.78, 5) is 27.1. The van der Waals surface area contributed by atoms with Crippen molar-refractivity contribution in [1.29, 1.82) is 0 Å². The van der Waals surface area contributed by atoms with Crippen molar-refractivity contribution in [2.75, 3.05) is 4.90 Å². The van der Waals surface area contributed by atoms with Crippen molar-refractivity contribution < 1.29 is 9.59 Å². The Morgan fingerprint density at radius 3 is 2.26 bits per heavy atom. The first-order chi connectivity index (χ1) is 14.8. The molecule has 0 aliphatic carbocycles. The minimum atomic E-state index is -0.520. The second-order valence-corrected chi connectivity index (χ2v) is 8.81. The zero-order chi connectivity index (χ0) is 22.3. The van der Waals surface area contributed by atoms with E-state index < -0.39 is 11.8 Å². The summed E-state index contributed by atoms with van der Waals surface area (Å²) in [5.74, 6) is -1.00. The van der Waals surface area contributed by atoms with Crippen molar-refractivity contribution in [3.63, 3.8) is 0 Å². The van der Waals surface area contributed by atoms with Gasteiger partial charge in [-0.05, 0) is 92.3 Å². The molecule has 1 aliphatic rings. The molecule has 1 aliphatic heterocycles. The number of amides is 2. The molecule has 8 heteroatoms. The molecule has 1 aromatic heterocycles. The standard InChI is InChI=1S/C23H17BrClN3O2S/c1-13-11-15(14(2)27(13)18-7-3-16(24)4-8-18)12-20-21(29)26-23(31)28(22(20)30)19-9-5-17(25)6-10-19/h3-12H,1-2H3,(H,26,29,31). The van der Waals surface area contributed by atoms with Crippen molar-refractivity contribution in [2.45, 2.75) is 13.8 Å². The Hall–Kier alpha value is -2.74. The highest BCUT2D eigenvalue weighted by Crippen LogP contribution is 2.27. The van der Waals surface area contributed by atoms with Gasteiger partial charge in [-0.15, -0.1) is 0 Å². The smallest absolute Gasteiger partial charge is 0.270 e. The van der Waals surface area contributed by atoms with E-state index in [9.17, 15) is 9.59 Å². The van der Waals surface area contributed by atoms with Crippen LogP contribution < -0.4 is 10.2 Å². The number of hydrogen-bond donors (Lipinski definition) is 1. The molecule has 2 aromatic carbocycles. The van der Waals surface area contributed by atoms with Gasteiger partial charge >= 0.3 is 0 Å². The Kier molecular flexibility index (Phi) is 5.83. The Bertz CT molecular complexity index is 1250. The first-order valence-electron chi connectivity index (χ1n) is 9.38. The monoisotopic (exact) mass is 513 g/mol. The molecule has 1 fully saturated rings. The van der Waals surface area contributed by atoms with Gasteiger partial charge in [0.05, 0.1) is 5.69 Å². The van der Waals surface area contributed by atoms with E-state index in [4.69, 9.17) is 23.8 Å². The molecule has 31 heavy (non-hydrogen) atoms. The topological polar surface area (TPSA) is 54.3 Å². The fourth-order valence-electron chi connectivity index (χ4n) is 3.56. The average molecular weight is 515 g/mol. The molecule has 0 atom stereocenters. The highest BCUT2D eigenvalue weighted by atomic mass is 79.9. The Morgan fingerprint density at radius 1 is 1.00 bits per heavy atom. The highest BCUT2D eigenvalue weighted by Gasteiger charge is 2.34. The normalized spacial score (nSPS) is 15.5. The summed E-state index contributed by atoms with van der Waals surface area (Å²) in [5.41, 5.74) is 4.22. The Morgan fingerprint density at radius 2 is 1.61 bits per heavy atom. The summed E-state index contributed by atoms with van der Waals surface area (Å²) >= 11 is 14.6. The molecule has 0 radical (unpaired) electrons. The molecule has 2 amide bonds. The number of nitrogens with zero attached hydrogens (tertiary/aromatic N) is 2. The molecule has 156 valence electrons. The Balaban J connectivity index is 1.75. The average Bonchev–Trinajstić information content (AvgIpc) is 3.00. The van der Waals surface area contributed by atoms with Crippen LogP contribution in [-0.2, 0) is 9.59 Å². The summed E-state index contributed by atoms with van der Waals surface area (Å²) in [7, 11) is 0. The lowest BCUT2D eigenvalue weighted by molar-refractivity contribution is -0.122. The quantitative estimate of drug-likeness (QED) is 0.292. The van der Waals surface area contributed by atoms with E-state index in [-0.39, 0.29) is 10.7 Å². The zero-order valence-electron chi connectivity index (χ0n) is 16.6. The SMILES string of the molecule is Cc1cc(C=C2C(=O)NC(=S)N(c3ccc(Cl)cc3)C2=O)c(C)n1-c1ccc(Br)cc1. The third-order valence-electron chi connectivity index (χ3n) is 5.04. The molecular weight excluding hydrogens is 498 g/mol.